The van der Waals surface area contributed by atoms with Crippen LogP contribution in [0.15, 0.2) is 48.5 Å². The van der Waals surface area contributed by atoms with E-state index >= 15 is 0 Å². The number of benzene rings is 4. The summed E-state index contributed by atoms with van der Waals surface area (Å²) in [5.74, 6) is 0. The van der Waals surface area contributed by atoms with Crippen LogP contribution in [0.25, 0.3) is 32.3 Å². The second-order valence-corrected chi connectivity index (χ2v) is 4.82. The smallest absolute Gasteiger partial charge is 0.0326 e. The van der Waals surface area contributed by atoms with Crippen LogP contribution in [0.5, 0.6) is 0 Å². The molecular weight excluding hydrogens is 256 g/mol. The van der Waals surface area contributed by atoms with Gasteiger partial charge in [0.05, 0.1) is 0 Å². The van der Waals surface area contributed by atoms with Gasteiger partial charge in [-0.25, -0.2) is 0 Å². The standard InChI is InChI=1S/C16H12N2.ClH/c17-13-5-9-1-2-10-6-14(18)8-12-4-3-11(7-13)15(9)16(10)12;/h1-8H,17-18H2;1H. The minimum atomic E-state index is 0. The Morgan fingerprint density at radius 3 is 1.05 bits per heavy atom. The van der Waals surface area contributed by atoms with Gasteiger partial charge in [-0.15, -0.1) is 12.4 Å². The fourth-order valence-corrected chi connectivity index (χ4v) is 2.89. The number of nitrogens with two attached hydrogens (primary N) is 2. The van der Waals surface area contributed by atoms with Gasteiger partial charge in [0.25, 0.3) is 0 Å². The van der Waals surface area contributed by atoms with Crippen molar-refractivity contribution in [2.45, 2.75) is 0 Å². The average Bonchev–Trinajstić information content (AvgIpc) is 2.34. The Kier molecular flexibility index (Phi) is 2.44. The van der Waals surface area contributed by atoms with Crippen molar-refractivity contribution in [2.75, 3.05) is 11.5 Å². The Morgan fingerprint density at radius 1 is 0.526 bits per heavy atom. The van der Waals surface area contributed by atoms with Crippen LogP contribution < -0.4 is 11.5 Å². The van der Waals surface area contributed by atoms with Crippen molar-refractivity contribution in [3.63, 3.8) is 0 Å². The van der Waals surface area contributed by atoms with Crippen molar-refractivity contribution >= 4 is 56.1 Å². The molecule has 0 aliphatic heterocycles. The molecule has 4 aromatic rings. The first kappa shape index (κ1) is 11.9. The van der Waals surface area contributed by atoms with Crippen LogP contribution in [0.2, 0.25) is 0 Å². The van der Waals surface area contributed by atoms with Gasteiger partial charge in [0.1, 0.15) is 0 Å². The van der Waals surface area contributed by atoms with Gasteiger partial charge in [0.2, 0.25) is 0 Å². The molecule has 94 valence electrons. The lowest BCUT2D eigenvalue weighted by Gasteiger charge is -2.12. The number of anilines is 2. The second-order valence-electron chi connectivity index (χ2n) is 4.82. The maximum Gasteiger partial charge on any atom is 0.0326 e. The lowest BCUT2D eigenvalue weighted by atomic mass is 9.93. The van der Waals surface area contributed by atoms with E-state index in [1.807, 2.05) is 24.3 Å². The highest BCUT2D eigenvalue weighted by Crippen LogP contribution is 2.36. The predicted octanol–water partition coefficient (Wildman–Crippen LogP) is 4.17. The van der Waals surface area contributed by atoms with Crippen LogP contribution in [-0.4, -0.2) is 0 Å². The quantitative estimate of drug-likeness (QED) is 0.371. The van der Waals surface area contributed by atoms with Crippen LogP contribution in [0.4, 0.5) is 11.4 Å². The zero-order valence-corrected chi connectivity index (χ0v) is 11.0. The third-order valence-electron chi connectivity index (χ3n) is 3.58. The van der Waals surface area contributed by atoms with Crippen molar-refractivity contribution in [2.24, 2.45) is 0 Å². The Labute approximate surface area is 116 Å². The summed E-state index contributed by atoms with van der Waals surface area (Å²) in [7, 11) is 0. The van der Waals surface area contributed by atoms with Crippen LogP contribution >= 0.6 is 12.4 Å². The molecule has 4 aromatic carbocycles. The van der Waals surface area contributed by atoms with Crippen molar-refractivity contribution < 1.29 is 0 Å². The summed E-state index contributed by atoms with van der Waals surface area (Å²) in [5.41, 5.74) is 13.5. The molecule has 0 aromatic heterocycles. The lowest BCUT2D eigenvalue weighted by molar-refractivity contribution is 1.74. The summed E-state index contributed by atoms with van der Waals surface area (Å²) < 4.78 is 0. The summed E-state index contributed by atoms with van der Waals surface area (Å²) in [6.07, 6.45) is 0. The molecule has 19 heavy (non-hydrogen) atoms. The van der Waals surface area contributed by atoms with Gasteiger partial charge in [-0.2, -0.15) is 0 Å². The van der Waals surface area contributed by atoms with Gasteiger partial charge >= 0.3 is 0 Å². The molecule has 0 aliphatic rings. The first-order valence-corrected chi connectivity index (χ1v) is 5.96. The van der Waals surface area contributed by atoms with E-state index in [1.165, 1.54) is 32.3 Å². The Morgan fingerprint density at radius 2 is 0.789 bits per heavy atom. The molecule has 0 saturated carbocycles. The summed E-state index contributed by atoms with van der Waals surface area (Å²) in [4.78, 5) is 0. The van der Waals surface area contributed by atoms with E-state index in [0.29, 0.717) is 0 Å². The van der Waals surface area contributed by atoms with Crippen molar-refractivity contribution in [3.8, 4) is 0 Å². The van der Waals surface area contributed by atoms with Crippen molar-refractivity contribution in [3.05, 3.63) is 48.5 Å². The molecule has 4 N–H and O–H groups in total. The fraction of sp³-hybridized carbons (Fsp3) is 0. The van der Waals surface area contributed by atoms with E-state index in [9.17, 15) is 0 Å². The summed E-state index contributed by atoms with van der Waals surface area (Å²) in [6, 6.07) is 16.5. The Bertz CT molecular complexity index is 757. The average molecular weight is 269 g/mol. The minimum absolute atomic E-state index is 0. The minimum Gasteiger partial charge on any atom is -0.399 e. The SMILES string of the molecule is Cl.Nc1cc2ccc3cc(N)cc4ccc(c1)c2c34. The molecule has 0 fully saturated rings. The first-order valence-electron chi connectivity index (χ1n) is 5.96. The highest BCUT2D eigenvalue weighted by atomic mass is 35.5. The molecule has 0 saturated heterocycles. The second kappa shape index (κ2) is 3.90. The van der Waals surface area contributed by atoms with Gasteiger partial charge in [-0.3, -0.25) is 0 Å². The summed E-state index contributed by atoms with van der Waals surface area (Å²) in [5, 5.41) is 7.31. The number of hydrogen-bond donors (Lipinski definition) is 2. The third-order valence-corrected chi connectivity index (χ3v) is 3.58. The number of nitrogen functional groups attached to an aromatic ring is 2. The van der Waals surface area contributed by atoms with E-state index in [-0.39, 0.29) is 12.4 Å². The largest absolute Gasteiger partial charge is 0.399 e. The topological polar surface area (TPSA) is 52.0 Å². The number of rotatable bonds is 0. The van der Waals surface area contributed by atoms with Crippen LogP contribution in [0.3, 0.4) is 0 Å². The fourth-order valence-electron chi connectivity index (χ4n) is 2.89. The van der Waals surface area contributed by atoms with Gasteiger partial charge in [0, 0.05) is 11.4 Å². The molecule has 2 nitrogen and oxygen atoms in total. The zero-order valence-electron chi connectivity index (χ0n) is 10.2. The number of hydrogen-bond acceptors (Lipinski definition) is 2. The molecule has 0 heterocycles. The van der Waals surface area contributed by atoms with Gasteiger partial charge < -0.3 is 11.5 Å². The highest BCUT2D eigenvalue weighted by molar-refractivity contribution is 6.24. The van der Waals surface area contributed by atoms with E-state index in [2.05, 4.69) is 24.3 Å². The van der Waals surface area contributed by atoms with Gasteiger partial charge in [-0.1, -0.05) is 24.3 Å². The van der Waals surface area contributed by atoms with Crippen molar-refractivity contribution in [1.82, 2.24) is 0 Å². The molecule has 0 atom stereocenters. The normalized spacial score (nSPS) is 11.2. The van der Waals surface area contributed by atoms with Gasteiger partial charge in [0.15, 0.2) is 0 Å². The molecular formula is C16H13ClN2. The van der Waals surface area contributed by atoms with E-state index in [4.69, 9.17) is 11.5 Å². The molecule has 0 aliphatic carbocycles. The molecule has 0 amide bonds. The highest BCUT2D eigenvalue weighted by Gasteiger charge is 2.08. The maximum atomic E-state index is 5.94. The first-order chi connectivity index (χ1) is 8.72. The molecule has 4 rings (SSSR count). The predicted molar refractivity (Wildman–Crippen MR) is 86.2 cm³/mol. The molecule has 3 heteroatoms. The third kappa shape index (κ3) is 1.57. The van der Waals surface area contributed by atoms with E-state index in [1.54, 1.807) is 0 Å². The summed E-state index contributed by atoms with van der Waals surface area (Å²) >= 11 is 0. The van der Waals surface area contributed by atoms with Gasteiger partial charge in [-0.05, 0) is 56.6 Å². The molecule has 0 bridgehead atoms. The monoisotopic (exact) mass is 268 g/mol. The van der Waals surface area contributed by atoms with Crippen molar-refractivity contribution in [1.29, 1.82) is 0 Å². The van der Waals surface area contributed by atoms with E-state index in [0.717, 1.165) is 11.4 Å². The molecule has 0 unspecified atom stereocenters. The maximum absolute atomic E-state index is 5.94. The van der Waals surface area contributed by atoms with Crippen LogP contribution in [0, 0.1) is 0 Å². The number of halogens is 1. The van der Waals surface area contributed by atoms with Crippen LogP contribution in [-0.2, 0) is 0 Å². The zero-order chi connectivity index (χ0) is 12.3. The Balaban J connectivity index is 0.00000110. The Hall–Kier alpha value is -2.19. The molecule has 0 radical (unpaired) electrons. The van der Waals surface area contributed by atoms with E-state index < -0.39 is 0 Å². The lowest BCUT2D eigenvalue weighted by Crippen LogP contribution is -1.90. The van der Waals surface area contributed by atoms with Crippen LogP contribution in [0.1, 0.15) is 0 Å². The summed E-state index contributed by atoms with van der Waals surface area (Å²) in [6.45, 7) is 0. The molecule has 0 spiro atoms.